The Hall–Kier alpha value is -3.46. The highest BCUT2D eigenvalue weighted by Crippen LogP contribution is 2.35. The number of piperazine rings is 1. The lowest BCUT2D eigenvalue weighted by Gasteiger charge is -2.36. The Morgan fingerprint density at radius 1 is 1.19 bits per heavy atom. The van der Waals surface area contributed by atoms with E-state index in [0.717, 1.165) is 13.1 Å². The van der Waals surface area contributed by atoms with Gasteiger partial charge in [-0.1, -0.05) is 12.0 Å². The third-order valence-corrected chi connectivity index (χ3v) is 6.44. The predicted octanol–water partition coefficient (Wildman–Crippen LogP) is 0.453. The molecule has 0 amide bonds. The van der Waals surface area contributed by atoms with E-state index < -0.39 is 10.0 Å². The minimum atomic E-state index is -3.97. The van der Waals surface area contributed by atoms with Crippen molar-refractivity contribution in [3.05, 3.63) is 46.4 Å². The van der Waals surface area contributed by atoms with E-state index in [2.05, 4.69) is 26.1 Å². The molecule has 1 aliphatic rings. The third-order valence-electron chi connectivity index (χ3n) is 5.50. The maximum absolute atomic E-state index is 12.3. The van der Waals surface area contributed by atoms with E-state index in [4.69, 9.17) is 11.6 Å². The molecule has 0 atom stereocenters. The van der Waals surface area contributed by atoms with Crippen LogP contribution in [0.3, 0.4) is 0 Å². The number of sulfonamides is 1. The summed E-state index contributed by atoms with van der Waals surface area (Å²) in [6.07, 6.45) is 7.06. The largest absolute Gasteiger partial charge is 0.366 e. The number of aromatic nitrogens is 3. The van der Waals surface area contributed by atoms with Gasteiger partial charge in [-0.3, -0.25) is 9.36 Å². The van der Waals surface area contributed by atoms with Crippen LogP contribution in [0.4, 0.5) is 17.3 Å². The Morgan fingerprint density at radius 3 is 2.56 bits per heavy atom. The van der Waals surface area contributed by atoms with E-state index in [0.29, 0.717) is 41.1 Å². The van der Waals surface area contributed by atoms with E-state index in [1.807, 2.05) is 11.9 Å². The normalized spacial score (nSPS) is 15.0. The number of hydrogen-bond acceptors (Lipinski definition) is 8. The third kappa shape index (κ3) is 4.03. The van der Waals surface area contributed by atoms with Crippen LogP contribution in [0.2, 0.25) is 0 Å². The number of nitrogens with zero attached hydrogens (tertiary/aromatic N) is 5. The standard InChI is InChI=1S/C21H23N7O3S/c1-4-14-12-18(29)27(3)20-15(14)13-23-21(25-20)24-16-6-5-7-17(32(22,30)31)19(16)28-10-8-26(2)9-11-28/h1,5-7,12-13H,8-11H2,2-3H3,(H2,22,30,31)(H,23,24,25). The second-order valence-corrected chi connectivity index (χ2v) is 9.17. The Bertz CT molecular complexity index is 1400. The molecule has 11 heteroatoms. The molecule has 4 rings (SSSR count). The monoisotopic (exact) mass is 453 g/mol. The van der Waals surface area contributed by atoms with Crippen LogP contribution in [-0.2, 0) is 17.1 Å². The van der Waals surface area contributed by atoms with Crippen LogP contribution in [0.5, 0.6) is 0 Å². The predicted molar refractivity (Wildman–Crippen MR) is 124 cm³/mol. The van der Waals surface area contributed by atoms with Gasteiger partial charge in [0.1, 0.15) is 10.5 Å². The van der Waals surface area contributed by atoms with Gasteiger partial charge < -0.3 is 15.1 Å². The van der Waals surface area contributed by atoms with Crippen molar-refractivity contribution in [2.45, 2.75) is 4.90 Å². The molecule has 0 radical (unpaired) electrons. The van der Waals surface area contributed by atoms with Gasteiger partial charge in [0.05, 0.1) is 16.8 Å². The molecule has 166 valence electrons. The second kappa shape index (κ2) is 8.23. The summed E-state index contributed by atoms with van der Waals surface area (Å²) < 4.78 is 26.0. The maximum Gasteiger partial charge on any atom is 0.253 e. The van der Waals surface area contributed by atoms with Gasteiger partial charge in [0, 0.05) is 51.1 Å². The van der Waals surface area contributed by atoms with Crippen LogP contribution in [0.25, 0.3) is 11.0 Å². The van der Waals surface area contributed by atoms with Crippen LogP contribution in [0, 0.1) is 12.3 Å². The molecule has 1 aliphatic heterocycles. The van der Waals surface area contributed by atoms with Crippen LogP contribution in [0.1, 0.15) is 5.56 Å². The summed E-state index contributed by atoms with van der Waals surface area (Å²) in [6, 6.07) is 6.19. The molecule has 0 unspecified atom stereocenters. The molecule has 2 aromatic heterocycles. The summed E-state index contributed by atoms with van der Waals surface area (Å²) in [4.78, 5) is 25.2. The highest BCUT2D eigenvalue weighted by atomic mass is 32.2. The number of nitrogens with two attached hydrogens (primary N) is 1. The summed E-state index contributed by atoms with van der Waals surface area (Å²) in [5.74, 6) is 2.68. The van der Waals surface area contributed by atoms with E-state index in [-0.39, 0.29) is 16.4 Å². The van der Waals surface area contributed by atoms with Gasteiger partial charge in [-0.15, -0.1) is 6.42 Å². The number of primary sulfonamides is 1. The Morgan fingerprint density at radius 2 is 1.91 bits per heavy atom. The molecule has 0 saturated carbocycles. The zero-order valence-electron chi connectivity index (χ0n) is 17.7. The van der Waals surface area contributed by atoms with Gasteiger partial charge in [0.15, 0.2) is 0 Å². The molecular formula is C21H23N7O3S. The van der Waals surface area contributed by atoms with Gasteiger partial charge in [-0.2, -0.15) is 4.98 Å². The minimum Gasteiger partial charge on any atom is -0.366 e. The second-order valence-electron chi connectivity index (χ2n) is 7.64. The number of likely N-dealkylation sites (N-methyl/N-ethyl adjacent to an activating group) is 1. The fourth-order valence-corrected chi connectivity index (χ4v) is 4.51. The van der Waals surface area contributed by atoms with E-state index in [1.165, 1.54) is 16.7 Å². The Kier molecular flexibility index (Phi) is 5.60. The quantitative estimate of drug-likeness (QED) is 0.546. The van der Waals surface area contributed by atoms with Crippen LogP contribution in [-0.4, -0.2) is 61.1 Å². The first-order chi connectivity index (χ1) is 15.2. The molecule has 1 fully saturated rings. The highest BCUT2D eigenvalue weighted by molar-refractivity contribution is 7.89. The van der Waals surface area contributed by atoms with Crippen molar-refractivity contribution in [3.8, 4) is 12.3 Å². The van der Waals surface area contributed by atoms with Crippen LogP contribution < -0.4 is 20.9 Å². The average molecular weight is 454 g/mol. The van der Waals surface area contributed by atoms with E-state index in [9.17, 15) is 13.2 Å². The molecule has 3 heterocycles. The number of nitrogens with one attached hydrogen (secondary N) is 1. The summed E-state index contributed by atoms with van der Waals surface area (Å²) in [6.45, 7) is 2.83. The van der Waals surface area contributed by atoms with Crippen molar-refractivity contribution in [1.29, 1.82) is 0 Å². The first-order valence-corrected chi connectivity index (χ1v) is 11.4. The fraction of sp³-hybridized carbons (Fsp3) is 0.286. The number of terminal acetylenes is 1. The summed E-state index contributed by atoms with van der Waals surface area (Å²) in [5.41, 5.74) is 1.46. The van der Waals surface area contributed by atoms with Gasteiger partial charge in [-0.25, -0.2) is 18.5 Å². The number of rotatable bonds is 4. The number of fused-ring (bicyclic) bond motifs is 1. The molecule has 1 saturated heterocycles. The first kappa shape index (κ1) is 21.8. The average Bonchev–Trinajstić information content (AvgIpc) is 2.76. The molecular weight excluding hydrogens is 430 g/mol. The maximum atomic E-state index is 12.3. The van der Waals surface area contributed by atoms with Crippen molar-refractivity contribution in [1.82, 2.24) is 19.4 Å². The topological polar surface area (TPSA) is 126 Å². The van der Waals surface area contributed by atoms with Crippen LogP contribution in [0.15, 0.2) is 40.2 Å². The SMILES string of the molecule is C#Cc1cc(=O)n(C)c2nc(Nc3cccc(S(N)(=O)=O)c3N3CCN(C)CC3)ncc12. The van der Waals surface area contributed by atoms with Crippen LogP contribution >= 0.6 is 0 Å². The Balaban J connectivity index is 1.83. The minimum absolute atomic E-state index is 0.0230. The molecule has 3 N–H and O–H groups in total. The molecule has 0 spiro atoms. The number of benzene rings is 1. The molecule has 3 aromatic rings. The van der Waals surface area contributed by atoms with E-state index >= 15 is 0 Å². The molecule has 32 heavy (non-hydrogen) atoms. The van der Waals surface area contributed by atoms with Gasteiger partial charge >= 0.3 is 0 Å². The lowest BCUT2D eigenvalue weighted by atomic mass is 10.2. The zero-order chi connectivity index (χ0) is 23.0. The zero-order valence-corrected chi connectivity index (χ0v) is 18.6. The number of hydrogen-bond donors (Lipinski definition) is 2. The molecule has 0 aliphatic carbocycles. The molecule has 0 bridgehead atoms. The van der Waals surface area contributed by atoms with Crippen molar-refractivity contribution in [2.24, 2.45) is 12.2 Å². The Labute approximate surface area is 185 Å². The summed E-state index contributed by atoms with van der Waals surface area (Å²) in [7, 11) is -0.361. The lowest BCUT2D eigenvalue weighted by Crippen LogP contribution is -2.45. The lowest BCUT2D eigenvalue weighted by molar-refractivity contribution is 0.312. The first-order valence-electron chi connectivity index (χ1n) is 9.89. The smallest absolute Gasteiger partial charge is 0.253 e. The fourth-order valence-electron chi connectivity index (χ4n) is 3.73. The van der Waals surface area contributed by atoms with Crippen molar-refractivity contribution >= 4 is 38.4 Å². The molecule has 1 aromatic carbocycles. The number of pyridine rings is 1. The number of aryl methyl sites for hydroxylation is 1. The van der Waals surface area contributed by atoms with Crippen molar-refractivity contribution in [3.63, 3.8) is 0 Å². The summed E-state index contributed by atoms with van der Waals surface area (Å²) in [5, 5.41) is 9.19. The highest BCUT2D eigenvalue weighted by Gasteiger charge is 2.25. The van der Waals surface area contributed by atoms with Crippen molar-refractivity contribution < 1.29 is 8.42 Å². The van der Waals surface area contributed by atoms with Crippen molar-refractivity contribution in [2.75, 3.05) is 43.4 Å². The number of anilines is 3. The van der Waals surface area contributed by atoms with E-state index in [1.54, 1.807) is 25.4 Å². The molecule has 10 nitrogen and oxygen atoms in total. The van der Waals surface area contributed by atoms with Gasteiger partial charge in [0.2, 0.25) is 16.0 Å². The number of para-hydroxylation sites is 1. The summed E-state index contributed by atoms with van der Waals surface area (Å²) >= 11 is 0. The van der Waals surface area contributed by atoms with Gasteiger partial charge in [0.25, 0.3) is 5.56 Å². The van der Waals surface area contributed by atoms with Gasteiger partial charge in [-0.05, 0) is 19.2 Å².